The van der Waals surface area contributed by atoms with Gasteiger partial charge < -0.3 is 10.1 Å². The quantitative estimate of drug-likeness (QED) is 0.796. The standard InChI is InChI=1S/C17H31NOS/c1-14(15-6-4-2-3-5-7-15)18-16-8-10-19-17(12-16)9-11-20-13-17/h14-16,18H,2-13H2,1H3/t14-,16?,17?/m0/s1. The Hall–Kier alpha value is 0.270. The summed E-state index contributed by atoms with van der Waals surface area (Å²) in [7, 11) is 0. The fourth-order valence-electron chi connectivity index (χ4n) is 4.35. The summed E-state index contributed by atoms with van der Waals surface area (Å²) in [5, 5.41) is 3.98. The highest BCUT2D eigenvalue weighted by molar-refractivity contribution is 7.99. The van der Waals surface area contributed by atoms with Crippen molar-refractivity contribution in [1.82, 2.24) is 5.32 Å². The normalized spacial score (nSPS) is 38.0. The molecule has 0 radical (unpaired) electrons. The van der Waals surface area contributed by atoms with E-state index in [9.17, 15) is 0 Å². The van der Waals surface area contributed by atoms with Gasteiger partial charge in [0.2, 0.25) is 0 Å². The van der Waals surface area contributed by atoms with Crippen LogP contribution in [-0.4, -0.2) is 35.8 Å². The second-order valence-corrected chi connectivity index (χ2v) is 8.34. The van der Waals surface area contributed by atoms with Crippen molar-refractivity contribution in [2.75, 3.05) is 18.1 Å². The van der Waals surface area contributed by atoms with Crippen molar-refractivity contribution < 1.29 is 4.74 Å². The third kappa shape index (κ3) is 3.72. The zero-order valence-electron chi connectivity index (χ0n) is 13.0. The maximum absolute atomic E-state index is 6.14. The molecule has 3 rings (SSSR count). The molecule has 3 heteroatoms. The van der Waals surface area contributed by atoms with E-state index in [1.165, 1.54) is 69.3 Å². The van der Waals surface area contributed by atoms with Gasteiger partial charge in [-0.15, -0.1) is 0 Å². The summed E-state index contributed by atoms with van der Waals surface area (Å²) in [6.45, 7) is 3.40. The lowest BCUT2D eigenvalue weighted by Gasteiger charge is -2.40. The van der Waals surface area contributed by atoms with Gasteiger partial charge in [0, 0.05) is 24.4 Å². The molecule has 2 nitrogen and oxygen atoms in total. The number of hydrogen-bond acceptors (Lipinski definition) is 3. The highest BCUT2D eigenvalue weighted by Crippen LogP contribution is 2.38. The van der Waals surface area contributed by atoms with E-state index in [4.69, 9.17) is 4.74 Å². The third-order valence-corrected chi connectivity index (χ3v) is 6.89. The van der Waals surface area contributed by atoms with E-state index in [0.29, 0.717) is 12.1 Å². The zero-order chi connectivity index (χ0) is 13.8. The average molecular weight is 298 g/mol. The number of hydrogen-bond donors (Lipinski definition) is 1. The first-order valence-corrected chi connectivity index (χ1v) is 9.91. The molecule has 3 aliphatic rings. The van der Waals surface area contributed by atoms with Gasteiger partial charge in [-0.1, -0.05) is 25.7 Å². The van der Waals surface area contributed by atoms with Crippen molar-refractivity contribution in [3.8, 4) is 0 Å². The maximum atomic E-state index is 6.14. The van der Waals surface area contributed by atoms with Crippen LogP contribution < -0.4 is 5.32 Å². The number of thioether (sulfide) groups is 1. The van der Waals surface area contributed by atoms with Crippen LogP contribution >= 0.6 is 11.8 Å². The van der Waals surface area contributed by atoms with Crippen LogP contribution in [-0.2, 0) is 4.74 Å². The molecule has 2 unspecified atom stereocenters. The predicted octanol–water partition coefficient (Wildman–Crippen LogP) is 3.99. The smallest absolute Gasteiger partial charge is 0.0795 e. The Morgan fingerprint density at radius 2 is 1.95 bits per heavy atom. The van der Waals surface area contributed by atoms with Crippen LogP contribution in [0.15, 0.2) is 0 Å². The van der Waals surface area contributed by atoms with Crippen molar-refractivity contribution in [3.63, 3.8) is 0 Å². The van der Waals surface area contributed by atoms with Crippen LogP contribution in [0.1, 0.15) is 64.7 Å². The van der Waals surface area contributed by atoms with E-state index >= 15 is 0 Å². The average Bonchev–Trinajstić information content (AvgIpc) is 2.73. The lowest BCUT2D eigenvalue weighted by molar-refractivity contribution is -0.0719. The molecule has 0 aromatic rings. The van der Waals surface area contributed by atoms with Crippen LogP contribution in [0.25, 0.3) is 0 Å². The van der Waals surface area contributed by atoms with Gasteiger partial charge in [0.15, 0.2) is 0 Å². The van der Waals surface area contributed by atoms with Crippen molar-refractivity contribution in [2.24, 2.45) is 5.92 Å². The summed E-state index contributed by atoms with van der Waals surface area (Å²) in [5.74, 6) is 3.43. The first-order chi connectivity index (χ1) is 9.77. The van der Waals surface area contributed by atoms with Gasteiger partial charge in [-0.3, -0.25) is 0 Å². The Labute approximate surface area is 128 Å². The first kappa shape index (κ1) is 15.2. The highest BCUT2D eigenvalue weighted by atomic mass is 32.2. The van der Waals surface area contributed by atoms with Crippen LogP contribution in [0, 0.1) is 5.92 Å². The lowest BCUT2D eigenvalue weighted by atomic mass is 9.87. The van der Waals surface area contributed by atoms with Crippen LogP contribution in [0.5, 0.6) is 0 Å². The van der Waals surface area contributed by atoms with E-state index in [-0.39, 0.29) is 5.60 Å². The Morgan fingerprint density at radius 1 is 1.15 bits per heavy atom. The largest absolute Gasteiger partial charge is 0.374 e. The van der Waals surface area contributed by atoms with Gasteiger partial charge in [0.1, 0.15) is 0 Å². The van der Waals surface area contributed by atoms with Crippen LogP contribution in [0.2, 0.25) is 0 Å². The van der Waals surface area contributed by atoms with Crippen molar-refractivity contribution in [2.45, 2.75) is 82.4 Å². The summed E-state index contributed by atoms with van der Waals surface area (Å²) in [4.78, 5) is 0. The van der Waals surface area contributed by atoms with E-state index < -0.39 is 0 Å². The van der Waals surface area contributed by atoms with E-state index in [1.54, 1.807) is 0 Å². The zero-order valence-corrected chi connectivity index (χ0v) is 13.9. The van der Waals surface area contributed by atoms with Crippen LogP contribution in [0.4, 0.5) is 0 Å². The topological polar surface area (TPSA) is 21.3 Å². The third-order valence-electron chi connectivity index (χ3n) is 5.67. The van der Waals surface area contributed by atoms with Gasteiger partial charge in [-0.25, -0.2) is 0 Å². The van der Waals surface area contributed by atoms with E-state index in [0.717, 1.165) is 12.5 Å². The van der Waals surface area contributed by atoms with Crippen molar-refractivity contribution in [3.05, 3.63) is 0 Å². The highest BCUT2D eigenvalue weighted by Gasteiger charge is 2.40. The fraction of sp³-hybridized carbons (Fsp3) is 1.00. The molecule has 1 saturated carbocycles. The molecule has 0 amide bonds. The molecule has 3 atom stereocenters. The molecule has 2 aliphatic heterocycles. The maximum Gasteiger partial charge on any atom is 0.0795 e. The van der Waals surface area contributed by atoms with Crippen molar-refractivity contribution in [1.29, 1.82) is 0 Å². The minimum atomic E-state index is 0.226. The van der Waals surface area contributed by atoms with E-state index in [1.807, 2.05) is 0 Å². The number of rotatable bonds is 3. The second kappa shape index (κ2) is 7.02. The number of ether oxygens (including phenoxy) is 1. The molecular weight excluding hydrogens is 266 g/mol. The van der Waals surface area contributed by atoms with Gasteiger partial charge in [-0.2, -0.15) is 11.8 Å². The molecule has 2 saturated heterocycles. The van der Waals surface area contributed by atoms with Crippen molar-refractivity contribution >= 4 is 11.8 Å². The minimum Gasteiger partial charge on any atom is -0.374 e. The predicted molar refractivity (Wildman–Crippen MR) is 87.4 cm³/mol. The molecule has 3 fully saturated rings. The molecule has 20 heavy (non-hydrogen) atoms. The Kier molecular flexibility index (Phi) is 5.33. The monoisotopic (exact) mass is 297 g/mol. The fourth-order valence-corrected chi connectivity index (χ4v) is 5.73. The van der Waals surface area contributed by atoms with Gasteiger partial charge in [0.05, 0.1) is 5.60 Å². The summed E-state index contributed by atoms with van der Waals surface area (Å²) in [5.41, 5.74) is 0.226. The molecule has 0 aromatic carbocycles. The summed E-state index contributed by atoms with van der Waals surface area (Å²) >= 11 is 2.08. The first-order valence-electron chi connectivity index (χ1n) is 8.75. The molecule has 1 N–H and O–H groups in total. The number of nitrogens with one attached hydrogen (secondary N) is 1. The molecule has 0 bridgehead atoms. The molecular formula is C17H31NOS. The lowest BCUT2D eigenvalue weighted by Crippen LogP contribution is -2.50. The van der Waals surface area contributed by atoms with Crippen LogP contribution in [0.3, 0.4) is 0 Å². The van der Waals surface area contributed by atoms with E-state index in [2.05, 4.69) is 24.0 Å². The van der Waals surface area contributed by atoms with Gasteiger partial charge in [0.25, 0.3) is 0 Å². The SMILES string of the molecule is C[C@H](NC1CCOC2(CCSC2)C1)C1CCCCCC1. The molecule has 1 aliphatic carbocycles. The summed E-state index contributed by atoms with van der Waals surface area (Å²) < 4.78 is 6.14. The Balaban J connectivity index is 1.51. The Bertz CT molecular complexity index is 295. The Morgan fingerprint density at radius 3 is 2.65 bits per heavy atom. The molecule has 2 heterocycles. The molecule has 1 spiro atoms. The van der Waals surface area contributed by atoms with Gasteiger partial charge >= 0.3 is 0 Å². The summed E-state index contributed by atoms with van der Waals surface area (Å²) in [6.07, 6.45) is 12.4. The summed E-state index contributed by atoms with van der Waals surface area (Å²) in [6, 6.07) is 1.39. The molecule has 0 aromatic heterocycles. The molecule has 116 valence electrons. The van der Waals surface area contributed by atoms with Gasteiger partial charge in [-0.05, 0) is 50.7 Å². The minimum absolute atomic E-state index is 0.226. The second-order valence-electron chi connectivity index (χ2n) is 7.23.